The van der Waals surface area contributed by atoms with E-state index in [9.17, 15) is 14.7 Å². The number of nitrogens with zero attached hydrogens (tertiary/aromatic N) is 3. The van der Waals surface area contributed by atoms with Gasteiger partial charge in [-0.25, -0.2) is 4.98 Å². The van der Waals surface area contributed by atoms with Gasteiger partial charge in [-0.3, -0.25) is 19.5 Å². The maximum Gasteiger partial charge on any atom is 0.274 e. The van der Waals surface area contributed by atoms with E-state index in [-0.39, 0.29) is 30.2 Å². The number of hydrogen-bond acceptors (Lipinski definition) is 8. The minimum atomic E-state index is -0.341. The maximum atomic E-state index is 13.5. The lowest BCUT2D eigenvalue weighted by molar-refractivity contribution is -0.00479. The molecule has 0 spiro atoms. The van der Waals surface area contributed by atoms with Crippen molar-refractivity contribution in [1.82, 2.24) is 20.2 Å². The fourth-order valence-electron chi connectivity index (χ4n) is 6.30. The van der Waals surface area contributed by atoms with Crippen LogP contribution in [0.2, 0.25) is 5.02 Å². The zero-order chi connectivity index (χ0) is 33.1. The number of rotatable bonds is 10. The van der Waals surface area contributed by atoms with Crippen LogP contribution in [0.4, 0.5) is 11.4 Å². The predicted octanol–water partition coefficient (Wildman–Crippen LogP) is 4.88. The third-order valence-corrected chi connectivity index (χ3v) is 9.47. The number of aliphatic hydroxyl groups is 2. The molecule has 5 N–H and O–H groups in total. The molecule has 4 aromatic rings. The number of aryl methyl sites for hydroxylation is 1. The summed E-state index contributed by atoms with van der Waals surface area (Å²) in [6.45, 7) is 6.61. The average molecular weight is 655 g/mol. The van der Waals surface area contributed by atoms with Gasteiger partial charge in [0.05, 0.1) is 29.1 Å². The number of hydrogen-bond donors (Lipinski definition) is 5. The van der Waals surface area contributed by atoms with Gasteiger partial charge in [-0.1, -0.05) is 41.9 Å². The molecule has 2 aliphatic rings. The summed E-state index contributed by atoms with van der Waals surface area (Å²) in [4.78, 5) is 38.0. The van der Waals surface area contributed by atoms with E-state index in [4.69, 9.17) is 21.7 Å². The second-order valence-electron chi connectivity index (χ2n) is 12.3. The molecule has 2 aromatic heterocycles. The van der Waals surface area contributed by atoms with Crippen molar-refractivity contribution in [1.29, 1.82) is 0 Å². The van der Waals surface area contributed by atoms with Crippen molar-refractivity contribution in [2.24, 2.45) is 0 Å². The Morgan fingerprint density at radius 2 is 1.70 bits per heavy atom. The Balaban J connectivity index is 1.17. The fraction of sp³-hybridized carbons (Fsp3) is 0.333. The molecule has 0 saturated heterocycles. The van der Waals surface area contributed by atoms with Gasteiger partial charge in [0.2, 0.25) is 0 Å². The van der Waals surface area contributed by atoms with Crippen molar-refractivity contribution >= 4 is 34.8 Å². The van der Waals surface area contributed by atoms with Crippen molar-refractivity contribution < 1.29 is 19.8 Å². The number of anilines is 2. The molecule has 0 radical (unpaired) electrons. The molecule has 11 heteroatoms. The number of benzene rings is 2. The molecule has 3 heterocycles. The number of halogens is 1. The summed E-state index contributed by atoms with van der Waals surface area (Å²) in [6, 6.07) is 16.8. The minimum absolute atomic E-state index is 0.0518. The second-order valence-corrected chi connectivity index (χ2v) is 12.6. The number of pyridine rings is 2. The highest BCUT2D eigenvalue weighted by atomic mass is 35.5. The van der Waals surface area contributed by atoms with Gasteiger partial charge in [-0.15, -0.1) is 0 Å². The first-order chi connectivity index (χ1) is 22.7. The predicted molar refractivity (Wildman–Crippen MR) is 183 cm³/mol. The largest absolute Gasteiger partial charge is 0.395 e. The molecule has 0 bridgehead atoms. The van der Waals surface area contributed by atoms with Crippen LogP contribution >= 0.6 is 11.6 Å². The van der Waals surface area contributed by atoms with E-state index < -0.39 is 0 Å². The topological polar surface area (TPSA) is 140 Å². The van der Waals surface area contributed by atoms with Gasteiger partial charge < -0.3 is 26.2 Å². The van der Waals surface area contributed by atoms with Gasteiger partial charge in [0.25, 0.3) is 11.8 Å². The summed E-state index contributed by atoms with van der Waals surface area (Å²) < 4.78 is 0. The summed E-state index contributed by atoms with van der Waals surface area (Å²) in [5.74, 6) is -0.681. The van der Waals surface area contributed by atoms with Gasteiger partial charge >= 0.3 is 0 Å². The first kappa shape index (κ1) is 32.7. The molecule has 0 atom stereocenters. The SMILES string of the molecule is Cc1cc(C(=O)Nc2cccc(-c3cccc(NC(=O)c4ccc(CNCCO)cn4)c3C)c2Cl)nc2c1CCN(C1CC(O)C1)C2. The highest BCUT2D eigenvalue weighted by molar-refractivity contribution is 6.36. The van der Waals surface area contributed by atoms with E-state index in [2.05, 4.69) is 25.8 Å². The minimum Gasteiger partial charge on any atom is -0.395 e. The first-order valence-corrected chi connectivity index (χ1v) is 16.3. The highest BCUT2D eigenvalue weighted by Crippen LogP contribution is 2.38. The smallest absolute Gasteiger partial charge is 0.274 e. The Labute approximate surface area is 279 Å². The Morgan fingerprint density at radius 3 is 2.43 bits per heavy atom. The van der Waals surface area contributed by atoms with Gasteiger partial charge in [-0.2, -0.15) is 0 Å². The van der Waals surface area contributed by atoms with E-state index in [1.807, 2.05) is 56.3 Å². The molecule has 1 aliphatic heterocycles. The molecular formula is C36H39ClN6O4. The van der Waals surface area contributed by atoms with Crippen LogP contribution in [0.25, 0.3) is 11.1 Å². The average Bonchev–Trinajstić information content (AvgIpc) is 3.05. The summed E-state index contributed by atoms with van der Waals surface area (Å²) >= 11 is 6.92. The molecular weight excluding hydrogens is 616 g/mol. The van der Waals surface area contributed by atoms with Gasteiger partial charge in [0, 0.05) is 49.7 Å². The van der Waals surface area contributed by atoms with Crippen molar-refractivity contribution in [3.63, 3.8) is 0 Å². The van der Waals surface area contributed by atoms with E-state index >= 15 is 0 Å². The lowest BCUT2D eigenvalue weighted by atomic mass is 9.86. The number of carbonyl (C=O) groups excluding carboxylic acids is 2. The molecule has 10 nitrogen and oxygen atoms in total. The standard InChI is InChI=1S/C36H39ClN6O4/c1-21-15-32(40-33-20-43(13-11-26(21)33)24-16-25(45)17-24)36(47)42-30-8-4-6-28(34(30)37)27-5-3-7-29(22(27)2)41-35(46)31-10-9-23(19-39-31)18-38-12-14-44/h3-10,15,19,24-25,38,44-45H,11-14,16-18,20H2,1-2H3,(H,41,46)(H,42,47). The van der Waals surface area contributed by atoms with Gasteiger partial charge in [0.15, 0.2) is 0 Å². The van der Waals surface area contributed by atoms with E-state index in [1.165, 1.54) is 5.56 Å². The summed E-state index contributed by atoms with van der Waals surface area (Å²) in [6.07, 6.45) is 3.87. The van der Waals surface area contributed by atoms with Crippen LogP contribution in [0.1, 0.15) is 61.8 Å². The zero-order valence-corrected chi connectivity index (χ0v) is 27.3. The molecule has 47 heavy (non-hydrogen) atoms. The van der Waals surface area contributed by atoms with Crippen molar-refractivity contribution in [3.8, 4) is 11.1 Å². The lowest BCUT2D eigenvalue weighted by Gasteiger charge is -2.42. The maximum absolute atomic E-state index is 13.5. The van der Waals surface area contributed by atoms with Crippen molar-refractivity contribution in [2.45, 2.75) is 58.3 Å². The third kappa shape index (κ3) is 7.22. The number of aliphatic hydroxyl groups excluding tert-OH is 2. The Hall–Kier alpha value is -4.19. The summed E-state index contributed by atoms with van der Waals surface area (Å²) in [7, 11) is 0. The monoisotopic (exact) mass is 654 g/mol. The first-order valence-electron chi connectivity index (χ1n) is 15.9. The fourth-order valence-corrected chi connectivity index (χ4v) is 6.57. The number of carbonyl (C=O) groups is 2. The third-order valence-electron chi connectivity index (χ3n) is 9.07. The zero-order valence-electron chi connectivity index (χ0n) is 26.5. The van der Waals surface area contributed by atoms with Crippen LogP contribution in [0.15, 0.2) is 60.8 Å². The van der Waals surface area contributed by atoms with Gasteiger partial charge in [-0.05, 0) is 85.2 Å². The Kier molecular flexibility index (Phi) is 9.95. The van der Waals surface area contributed by atoms with E-state index in [0.29, 0.717) is 53.3 Å². The molecule has 1 fully saturated rings. The molecule has 1 saturated carbocycles. The van der Waals surface area contributed by atoms with Crippen LogP contribution in [-0.2, 0) is 19.5 Å². The van der Waals surface area contributed by atoms with Crippen LogP contribution in [0.3, 0.4) is 0 Å². The summed E-state index contributed by atoms with van der Waals surface area (Å²) in [5, 5.41) is 28.1. The van der Waals surface area contributed by atoms with Crippen LogP contribution in [0.5, 0.6) is 0 Å². The van der Waals surface area contributed by atoms with Crippen molar-refractivity contribution in [2.75, 3.05) is 30.3 Å². The molecule has 2 amide bonds. The number of amides is 2. The quantitative estimate of drug-likeness (QED) is 0.153. The number of fused-ring (bicyclic) bond motifs is 1. The van der Waals surface area contributed by atoms with Crippen molar-refractivity contribution in [3.05, 3.63) is 105 Å². The molecule has 1 aliphatic carbocycles. The highest BCUT2D eigenvalue weighted by Gasteiger charge is 2.34. The normalized spacial score (nSPS) is 17.5. The number of aromatic nitrogens is 2. The molecule has 6 rings (SSSR count). The van der Waals surface area contributed by atoms with Crippen LogP contribution in [0, 0.1) is 13.8 Å². The lowest BCUT2D eigenvalue weighted by Crippen LogP contribution is -2.49. The van der Waals surface area contributed by atoms with Crippen LogP contribution in [-0.4, -0.2) is 68.7 Å². The van der Waals surface area contributed by atoms with E-state index in [0.717, 1.165) is 53.8 Å². The van der Waals surface area contributed by atoms with E-state index in [1.54, 1.807) is 18.3 Å². The Bertz CT molecular complexity index is 1790. The van der Waals surface area contributed by atoms with Gasteiger partial charge in [0.1, 0.15) is 11.4 Å². The molecule has 0 unspecified atom stereocenters. The second kappa shape index (κ2) is 14.3. The molecule has 244 valence electrons. The van der Waals surface area contributed by atoms with Crippen LogP contribution < -0.4 is 16.0 Å². The Morgan fingerprint density at radius 1 is 0.979 bits per heavy atom. The number of nitrogens with one attached hydrogen (secondary N) is 3. The molecule has 2 aromatic carbocycles. The summed E-state index contributed by atoms with van der Waals surface area (Å²) in [5.41, 5.74) is 8.09.